The van der Waals surface area contributed by atoms with E-state index in [1.54, 1.807) is 18.2 Å². The van der Waals surface area contributed by atoms with Crippen molar-refractivity contribution in [3.63, 3.8) is 0 Å². The fraction of sp³-hybridized carbons (Fsp3) is 0.577. The fourth-order valence-electron chi connectivity index (χ4n) is 4.71. The monoisotopic (exact) mass is 508 g/mol. The summed E-state index contributed by atoms with van der Waals surface area (Å²) in [5.41, 5.74) is -3.40. The number of hydrogen-bond donors (Lipinski definition) is 0. The summed E-state index contributed by atoms with van der Waals surface area (Å²) in [4.78, 5) is 62.9. The summed E-state index contributed by atoms with van der Waals surface area (Å²) < 4.78 is 24.8. The van der Waals surface area contributed by atoms with E-state index in [0.717, 1.165) is 0 Å². The standard InChI is InChI=1S/C26H36O10/c1-7-15-25(21(28)32-3,22(29)33-4)19-11-10-12-20(14-13-19)26(23(30)34-5,24(31)35-6)16-8-9-17-36-18(2)27/h7-9,13-14,19-20H,1,10-12,15-17H2,2-6H3/b9-8+/t19-,20-/m0/s1. The van der Waals surface area contributed by atoms with Gasteiger partial charge in [-0.15, -0.1) is 6.58 Å². The van der Waals surface area contributed by atoms with E-state index in [2.05, 4.69) is 6.58 Å². The number of esters is 5. The highest BCUT2D eigenvalue weighted by Gasteiger charge is 2.56. The second kappa shape index (κ2) is 14.2. The zero-order valence-electron chi connectivity index (χ0n) is 21.6. The number of hydrogen-bond acceptors (Lipinski definition) is 10. The molecule has 0 fully saturated rings. The van der Waals surface area contributed by atoms with Crippen molar-refractivity contribution in [2.24, 2.45) is 22.7 Å². The smallest absolute Gasteiger partial charge is 0.324 e. The number of rotatable bonds is 12. The first-order valence-corrected chi connectivity index (χ1v) is 11.5. The molecule has 0 heterocycles. The Morgan fingerprint density at radius 1 is 0.778 bits per heavy atom. The van der Waals surface area contributed by atoms with E-state index in [1.165, 1.54) is 47.5 Å². The van der Waals surface area contributed by atoms with Gasteiger partial charge < -0.3 is 23.7 Å². The van der Waals surface area contributed by atoms with Crippen molar-refractivity contribution >= 4 is 29.8 Å². The van der Waals surface area contributed by atoms with Crippen LogP contribution in [0.3, 0.4) is 0 Å². The minimum atomic E-state index is -1.74. The van der Waals surface area contributed by atoms with Crippen molar-refractivity contribution in [1.29, 1.82) is 0 Å². The first-order chi connectivity index (χ1) is 17.1. The maximum absolute atomic E-state index is 13.1. The molecule has 0 aliphatic heterocycles. The summed E-state index contributed by atoms with van der Waals surface area (Å²) >= 11 is 0. The quantitative estimate of drug-likeness (QED) is 0.168. The van der Waals surface area contributed by atoms with Gasteiger partial charge in [-0.2, -0.15) is 0 Å². The molecule has 0 spiro atoms. The third-order valence-electron chi connectivity index (χ3n) is 6.53. The highest BCUT2D eigenvalue weighted by atomic mass is 16.6. The molecule has 1 aliphatic carbocycles. The van der Waals surface area contributed by atoms with Crippen LogP contribution in [0, 0.1) is 22.7 Å². The van der Waals surface area contributed by atoms with Gasteiger partial charge >= 0.3 is 29.8 Å². The van der Waals surface area contributed by atoms with Crippen molar-refractivity contribution < 1.29 is 47.7 Å². The van der Waals surface area contributed by atoms with Gasteiger partial charge in [-0.05, 0) is 25.7 Å². The van der Waals surface area contributed by atoms with Crippen LogP contribution in [-0.2, 0) is 47.7 Å². The van der Waals surface area contributed by atoms with E-state index in [4.69, 9.17) is 23.7 Å². The number of carbonyl (C=O) groups excluding carboxylic acids is 5. The Balaban J connectivity index is 3.55. The van der Waals surface area contributed by atoms with Crippen molar-refractivity contribution in [2.75, 3.05) is 35.0 Å². The average molecular weight is 509 g/mol. The Kier molecular flexibility index (Phi) is 12.1. The molecule has 10 heteroatoms. The molecule has 0 N–H and O–H groups in total. The minimum absolute atomic E-state index is 0.0238. The fourth-order valence-corrected chi connectivity index (χ4v) is 4.71. The third kappa shape index (κ3) is 6.41. The van der Waals surface area contributed by atoms with Crippen LogP contribution in [0.5, 0.6) is 0 Å². The summed E-state index contributed by atoms with van der Waals surface area (Å²) in [7, 11) is 4.73. The van der Waals surface area contributed by atoms with Crippen LogP contribution in [0.2, 0.25) is 0 Å². The molecule has 0 radical (unpaired) electrons. The van der Waals surface area contributed by atoms with E-state index in [0.29, 0.717) is 19.3 Å². The molecule has 10 nitrogen and oxygen atoms in total. The van der Waals surface area contributed by atoms with E-state index in [1.807, 2.05) is 0 Å². The summed E-state index contributed by atoms with van der Waals surface area (Å²) in [6, 6.07) is 0. The summed E-state index contributed by atoms with van der Waals surface area (Å²) in [6.07, 6.45) is 8.92. The molecule has 0 aromatic heterocycles. The van der Waals surface area contributed by atoms with E-state index >= 15 is 0 Å². The van der Waals surface area contributed by atoms with Gasteiger partial charge in [0, 0.05) is 18.8 Å². The van der Waals surface area contributed by atoms with Gasteiger partial charge in [0.15, 0.2) is 10.8 Å². The lowest BCUT2D eigenvalue weighted by Gasteiger charge is -2.33. The molecule has 2 atom stereocenters. The van der Waals surface area contributed by atoms with Gasteiger partial charge in [-0.3, -0.25) is 24.0 Å². The van der Waals surface area contributed by atoms with Gasteiger partial charge in [-0.25, -0.2) is 0 Å². The van der Waals surface area contributed by atoms with Crippen LogP contribution in [0.4, 0.5) is 0 Å². The van der Waals surface area contributed by atoms with E-state index < -0.39 is 52.5 Å². The Bertz CT molecular complexity index is 853. The molecule has 1 rings (SSSR count). The lowest BCUT2D eigenvalue weighted by molar-refractivity contribution is -0.174. The maximum atomic E-state index is 13.1. The second-order valence-electron chi connectivity index (χ2n) is 8.41. The predicted octanol–water partition coefficient (Wildman–Crippen LogP) is 2.71. The van der Waals surface area contributed by atoms with Crippen LogP contribution >= 0.6 is 0 Å². The van der Waals surface area contributed by atoms with Gasteiger partial charge in [0.25, 0.3) is 0 Å². The first-order valence-electron chi connectivity index (χ1n) is 11.5. The van der Waals surface area contributed by atoms with E-state index in [9.17, 15) is 24.0 Å². The highest BCUT2D eigenvalue weighted by molar-refractivity contribution is 6.02. The van der Waals surface area contributed by atoms with Crippen LogP contribution < -0.4 is 0 Å². The largest absolute Gasteiger partial charge is 0.468 e. The Morgan fingerprint density at radius 2 is 1.19 bits per heavy atom. The molecular weight excluding hydrogens is 472 g/mol. The van der Waals surface area contributed by atoms with Crippen LogP contribution in [0.1, 0.15) is 39.0 Å². The number of carbonyl (C=O) groups is 5. The molecule has 0 saturated heterocycles. The summed E-state index contributed by atoms with van der Waals surface area (Å²) in [5.74, 6) is -4.91. The molecule has 36 heavy (non-hydrogen) atoms. The molecule has 1 aliphatic rings. The van der Waals surface area contributed by atoms with Gasteiger partial charge in [-0.1, -0.05) is 36.8 Å². The van der Waals surface area contributed by atoms with Crippen molar-refractivity contribution in [2.45, 2.75) is 39.0 Å². The number of allylic oxidation sites excluding steroid dienone is 4. The van der Waals surface area contributed by atoms with E-state index in [-0.39, 0.29) is 19.4 Å². The van der Waals surface area contributed by atoms with Crippen LogP contribution in [-0.4, -0.2) is 64.9 Å². The minimum Gasteiger partial charge on any atom is -0.468 e. The number of ether oxygens (including phenoxy) is 5. The number of methoxy groups -OCH3 is 4. The second-order valence-corrected chi connectivity index (χ2v) is 8.41. The molecule has 0 saturated carbocycles. The summed E-state index contributed by atoms with van der Waals surface area (Å²) in [6.45, 7) is 4.92. The predicted molar refractivity (Wildman–Crippen MR) is 128 cm³/mol. The zero-order valence-corrected chi connectivity index (χ0v) is 21.6. The SMILES string of the molecule is C=CCC(C(=O)OC)(C(=O)OC)[C@@H]1C=C[C@@H](C(C/C=C/COC(C)=O)(C(=O)OC)C(=O)OC)CCC1. The van der Waals surface area contributed by atoms with Crippen molar-refractivity contribution in [3.05, 3.63) is 37.0 Å². The van der Waals surface area contributed by atoms with Crippen LogP contribution in [0.15, 0.2) is 37.0 Å². The van der Waals surface area contributed by atoms with Gasteiger partial charge in [0.05, 0.1) is 28.4 Å². The summed E-state index contributed by atoms with van der Waals surface area (Å²) in [5, 5.41) is 0. The third-order valence-corrected chi connectivity index (χ3v) is 6.53. The lowest BCUT2D eigenvalue weighted by atomic mass is 9.70. The van der Waals surface area contributed by atoms with Crippen molar-refractivity contribution in [3.8, 4) is 0 Å². The maximum Gasteiger partial charge on any atom is 0.324 e. The average Bonchev–Trinajstić information content (AvgIpc) is 3.14. The Labute approximate surface area is 211 Å². The van der Waals surface area contributed by atoms with Crippen molar-refractivity contribution in [1.82, 2.24) is 0 Å². The molecular formula is C26H36O10. The Morgan fingerprint density at radius 3 is 1.56 bits per heavy atom. The zero-order chi connectivity index (χ0) is 27.4. The van der Waals surface area contributed by atoms with Crippen LogP contribution in [0.25, 0.3) is 0 Å². The molecule has 0 bridgehead atoms. The molecule has 0 aromatic carbocycles. The Hall–Kier alpha value is -3.43. The highest BCUT2D eigenvalue weighted by Crippen LogP contribution is 2.46. The first kappa shape index (κ1) is 30.6. The molecule has 0 unspecified atom stereocenters. The molecule has 0 amide bonds. The molecule has 200 valence electrons. The lowest BCUT2D eigenvalue weighted by Crippen LogP contribution is -2.46. The topological polar surface area (TPSA) is 132 Å². The normalized spacial score (nSPS) is 18.0. The van der Waals surface area contributed by atoms with Gasteiger partial charge in [0.2, 0.25) is 0 Å². The molecule has 0 aromatic rings. The van der Waals surface area contributed by atoms with Gasteiger partial charge in [0.1, 0.15) is 6.61 Å².